The van der Waals surface area contributed by atoms with Gasteiger partial charge in [-0.15, -0.1) is 0 Å². The topological polar surface area (TPSA) is 15.3 Å². The number of nitrogens with zero attached hydrogens (tertiary/aromatic N) is 1. The van der Waals surface area contributed by atoms with Crippen molar-refractivity contribution in [3.05, 3.63) is 0 Å². The first-order chi connectivity index (χ1) is 8.02. The van der Waals surface area contributed by atoms with Crippen molar-refractivity contribution in [3.8, 4) is 0 Å². The van der Waals surface area contributed by atoms with Crippen LogP contribution in [0, 0.1) is 11.8 Å². The highest BCUT2D eigenvalue weighted by atomic mass is 15.2. The Balaban J connectivity index is 2.66. The molecule has 1 aliphatic heterocycles. The number of nitrogens with one attached hydrogen (secondary N) is 1. The van der Waals surface area contributed by atoms with Crippen LogP contribution in [0.4, 0.5) is 0 Å². The summed E-state index contributed by atoms with van der Waals surface area (Å²) in [4.78, 5) is 2.75. The van der Waals surface area contributed by atoms with E-state index in [1.165, 1.54) is 19.4 Å². The van der Waals surface area contributed by atoms with Crippen molar-refractivity contribution in [3.63, 3.8) is 0 Å². The fraction of sp³-hybridized carbons (Fsp3) is 1.00. The zero-order valence-corrected chi connectivity index (χ0v) is 12.7. The fourth-order valence-corrected chi connectivity index (χ4v) is 3.50. The van der Waals surface area contributed by atoms with Crippen LogP contribution >= 0.6 is 0 Å². The molecule has 1 aliphatic rings. The van der Waals surface area contributed by atoms with Crippen molar-refractivity contribution < 1.29 is 0 Å². The Morgan fingerprint density at radius 1 is 1.24 bits per heavy atom. The summed E-state index contributed by atoms with van der Waals surface area (Å²) in [5.41, 5.74) is 0. The SMILES string of the molecule is CCNC1CCN(C(CC)C(C)C)C(C)C1C. The molecule has 0 aliphatic carbocycles. The van der Waals surface area contributed by atoms with E-state index in [1.807, 2.05) is 0 Å². The number of likely N-dealkylation sites (tertiary alicyclic amines) is 1. The van der Waals surface area contributed by atoms with Gasteiger partial charge in [-0.2, -0.15) is 0 Å². The van der Waals surface area contributed by atoms with Gasteiger partial charge in [0.2, 0.25) is 0 Å². The van der Waals surface area contributed by atoms with E-state index in [1.54, 1.807) is 0 Å². The highest BCUT2D eigenvalue weighted by Crippen LogP contribution is 2.28. The molecule has 0 spiro atoms. The van der Waals surface area contributed by atoms with E-state index in [2.05, 4.69) is 51.8 Å². The van der Waals surface area contributed by atoms with Crippen LogP contribution in [0.5, 0.6) is 0 Å². The third kappa shape index (κ3) is 3.45. The predicted molar refractivity (Wildman–Crippen MR) is 76.3 cm³/mol. The van der Waals surface area contributed by atoms with E-state index in [-0.39, 0.29) is 0 Å². The molecule has 4 atom stereocenters. The average molecular weight is 240 g/mol. The van der Waals surface area contributed by atoms with Crippen molar-refractivity contribution in [2.45, 2.75) is 72.5 Å². The summed E-state index contributed by atoms with van der Waals surface area (Å²) in [6, 6.07) is 2.19. The maximum atomic E-state index is 3.64. The smallest absolute Gasteiger partial charge is 0.0120 e. The first-order valence-electron chi connectivity index (χ1n) is 7.51. The number of piperidine rings is 1. The molecular formula is C15H32N2. The van der Waals surface area contributed by atoms with Gasteiger partial charge >= 0.3 is 0 Å². The Bertz CT molecular complexity index is 215. The summed E-state index contributed by atoms with van der Waals surface area (Å²) in [6.45, 7) is 16.5. The van der Waals surface area contributed by atoms with Gasteiger partial charge in [-0.25, -0.2) is 0 Å². The van der Waals surface area contributed by atoms with Crippen molar-refractivity contribution >= 4 is 0 Å². The van der Waals surface area contributed by atoms with Crippen LogP contribution in [0.2, 0.25) is 0 Å². The molecule has 1 rings (SSSR count). The van der Waals surface area contributed by atoms with Crippen LogP contribution in [0.3, 0.4) is 0 Å². The molecule has 1 fully saturated rings. The Kier molecular flexibility index (Phi) is 5.94. The van der Waals surface area contributed by atoms with Gasteiger partial charge in [0.05, 0.1) is 0 Å². The van der Waals surface area contributed by atoms with Gasteiger partial charge in [0.25, 0.3) is 0 Å². The van der Waals surface area contributed by atoms with Crippen LogP contribution in [-0.2, 0) is 0 Å². The Morgan fingerprint density at radius 2 is 1.88 bits per heavy atom. The second kappa shape index (κ2) is 6.75. The normalized spacial score (nSPS) is 33.0. The van der Waals surface area contributed by atoms with Gasteiger partial charge < -0.3 is 5.32 Å². The molecule has 1 N–H and O–H groups in total. The predicted octanol–water partition coefficient (Wildman–Crippen LogP) is 3.13. The third-order valence-electron chi connectivity index (χ3n) is 4.70. The largest absolute Gasteiger partial charge is 0.314 e. The van der Waals surface area contributed by atoms with Gasteiger partial charge in [0.1, 0.15) is 0 Å². The van der Waals surface area contributed by atoms with E-state index in [0.717, 1.165) is 30.5 Å². The Labute approximate surface area is 108 Å². The first-order valence-corrected chi connectivity index (χ1v) is 7.51. The van der Waals surface area contributed by atoms with E-state index in [9.17, 15) is 0 Å². The van der Waals surface area contributed by atoms with Crippen LogP contribution in [0.1, 0.15) is 54.4 Å². The first kappa shape index (κ1) is 15.0. The molecule has 0 aromatic rings. The molecule has 0 amide bonds. The molecule has 2 heteroatoms. The van der Waals surface area contributed by atoms with E-state index in [0.29, 0.717) is 6.04 Å². The molecule has 0 radical (unpaired) electrons. The van der Waals surface area contributed by atoms with Gasteiger partial charge in [0, 0.05) is 24.7 Å². The summed E-state index contributed by atoms with van der Waals surface area (Å²) >= 11 is 0. The number of rotatable bonds is 5. The summed E-state index contributed by atoms with van der Waals surface area (Å²) < 4.78 is 0. The molecule has 0 bridgehead atoms. The van der Waals surface area contributed by atoms with Gasteiger partial charge in [-0.1, -0.05) is 34.6 Å². The summed E-state index contributed by atoms with van der Waals surface area (Å²) in [5.74, 6) is 1.53. The standard InChI is InChI=1S/C15H32N2/c1-7-15(11(3)4)17-10-9-14(16-8-2)12(5)13(17)6/h11-16H,7-10H2,1-6H3. The molecule has 0 aromatic carbocycles. The summed E-state index contributed by atoms with van der Waals surface area (Å²) in [7, 11) is 0. The van der Waals surface area contributed by atoms with Crippen LogP contribution in [0.25, 0.3) is 0 Å². The highest BCUT2D eigenvalue weighted by Gasteiger charge is 2.35. The van der Waals surface area contributed by atoms with Crippen molar-refractivity contribution in [1.82, 2.24) is 10.2 Å². The van der Waals surface area contributed by atoms with Gasteiger partial charge in [-0.3, -0.25) is 4.90 Å². The quantitative estimate of drug-likeness (QED) is 0.794. The lowest BCUT2D eigenvalue weighted by atomic mass is 9.84. The molecule has 1 saturated heterocycles. The van der Waals surface area contributed by atoms with Crippen LogP contribution in [0.15, 0.2) is 0 Å². The van der Waals surface area contributed by atoms with E-state index in [4.69, 9.17) is 0 Å². The second-order valence-corrected chi connectivity index (χ2v) is 6.01. The molecule has 2 nitrogen and oxygen atoms in total. The number of hydrogen-bond donors (Lipinski definition) is 1. The fourth-order valence-electron chi connectivity index (χ4n) is 3.50. The third-order valence-corrected chi connectivity index (χ3v) is 4.70. The van der Waals surface area contributed by atoms with Gasteiger partial charge in [-0.05, 0) is 38.1 Å². The minimum atomic E-state index is 0.708. The maximum Gasteiger partial charge on any atom is 0.0120 e. The Hall–Kier alpha value is -0.0800. The minimum Gasteiger partial charge on any atom is -0.314 e. The minimum absolute atomic E-state index is 0.708. The summed E-state index contributed by atoms with van der Waals surface area (Å²) in [5, 5.41) is 3.64. The molecule has 4 unspecified atom stereocenters. The molecule has 102 valence electrons. The van der Waals surface area contributed by atoms with Crippen LogP contribution in [-0.4, -0.2) is 36.1 Å². The highest BCUT2D eigenvalue weighted by molar-refractivity contribution is 4.91. The lowest BCUT2D eigenvalue weighted by Crippen LogP contribution is -2.57. The van der Waals surface area contributed by atoms with E-state index < -0.39 is 0 Å². The lowest BCUT2D eigenvalue weighted by Gasteiger charge is -2.47. The van der Waals surface area contributed by atoms with Crippen molar-refractivity contribution in [2.24, 2.45) is 11.8 Å². The maximum absolute atomic E-state index is 3.64. The summed E-state index contributed by atoms with van der Waals surface area (Å²) in [6.07, 6.45) is 2.59. The second-order valence-electron chi connectivity index (χ2n) is 6.01. The Morgan fingerprint density at radius 3 is 2.35 bits per heavy atom. The molecular weight excluding hydrogens is 208 g/mol. The zero-order valence-electron chi connectivity index (χ0n) is 12.7. The lowest BCUT2D eigenvalue weighted by molar-refractivity contribution is 0.0276. The molecule has 0 saturated carbocycles. The average Bonchev–Trinajstić information content (AvgIpc) is 2.28. The number of hydrogen-bond acceptors (Lipinski definition) is 2. The van der Waals surface area contributed by atoms with Crippen molar-refractivity contribution in [1.29, 1.82) is 0 Å². The molecule has 17 heavy (non-hydrogen) atoms. The zero-order chi connectivity index (χ0) is 13.0. The van der Waals surface area contributed by atoms with E-state index >= 15 is 0 Å². The van der Waals surface area contributed by atoms with Crippen molar-refractivity contribution in [2.75, 3.05) is 13.1 Å². The molecule has 0 aromatic heterocycles. The van der Waals surface area contributed by atoms with Gasteiger partial charge in [0.15, 0.2) is 0 Å². The van der Waals surface area contributed by atoms with Crippen LogP contribution < -0.4 is 5.32 Å². The monoisotopic (exact) mass is 240 g/mol. The molecule has 1 heterocycles.